The molecule has 1 aromatic heterocycles. The fourth-order valence-corrected chi connectivity index (χ4v) is 2.17. The molecule has 2 aromatic rings. The second-order valence-electron chi connectivity index (χ2n) is 3.34. The predicted octanol–water partition coefficient (Wildman–Crippen LogP) is 2.40. The Hall–Kier alpha value is -1.88. The lowest BCUT2D eigenvalue weighted by Crippen LogP contribution is -1.95. The first-order valence-electron chi connectivity index (χ1n) is 4.64. The van der Waals surface area contributed by atoms with Gasteiger partial charge in [-0.3, -0.25) is 0 Å². The van der Waals surface area contributed by atoms with Crippen LogP contribution < -0.4 is 5.73 Å². The Morgan fingerprint density at radius 2 is 2.00 bits per heavy atom. The molecule has 0 saturated carbocycles. The number of aromatic carboxylic acids is 1. The first kappa shape index (κ1) is 10.6. The van der Waals surface area contributed by atoms with Crippen molar-refractivity contribution >= 4 is 22.4 Å². The van der Waals surface area contributed by atoms with Gasteiger partial charge in [0.15, 0.2) is 5.13 Å². The smallest absolute Gasteiger partial charge is 0.335 e. The molecule has 0 radical (unpaired) electrons. The van der Waals surface area contributed by atoms with E-state index in [0.717, 1.165) is 16.1 Å². The highest BCUT2D eigenvalue weighted by atomic mass is 32.1. The topological polar surface area (TPSA) is 76.2 Å². The van der Waals surface area contributed by atoms with Crippen LogP contribution in [-0.2, 0) is 0 Å². The number of nitrogens with zero attached hydrogens (tertiary/aromatic N) is 1. The van der Waals surface area contributed by atoms with Crippen molar-refractivity contribution in [1.82, 2.24) is 4.98 Å². The summed E-state index contributed by atoms with van der Waals surface area (Å²) < 4.78 is 0. The van der Waals surface area contributed by atoms with Crippen LogP contribution in [0.4, 0.5) is 5.13 Å². The standard InChI is InChI=1S/C11H10N2O2S/c1-6-9(13-11(12)16-6)7-2-4-8(5-3-7)10(14)15/h2-5H,1H3,(H2,12,13)(H,14,15). The van der Waals surface area contributed by atoms with Crippen LogP contribution >= 0.6 is 11.3 Å². The minimum absolute atomic E-state index is 0.268. The van der Waals surface area contributed by atoms with E-state index in [2.05, 4.69) is 4.98 Å². The maximum Gasteiger partial charge on any atom is 0.335 e. The Bertz CT molecular complexity index is 531. The summed E-state index contributed by atoms with van der Waals surface area (Å²) in [5.74, 6) is -0.930. The summed E-state index contributed by atoms with van der Waals surface area (Å²) in [4.78, 5) is 15.9. The SMILES string of the molecule is Cc1sc(N)nc1-c1ccc(C(=O)O)cc1. The Kier molecular flexibility index (Phi) is 2.62. The first-order chi connectivity index (χ1) is 7.58. The van der Waals surface area contributed by atoms with E-state index in [1.807, 2.05) is 6.92 Å². The third-order valence-electron chi connectivity index (χ3n) is 2.22. The number of benzene rings is 1. The lowest BCUT2D eigenvalue weighted by Gasteiger charge is -1.99. The van der Waals surface area contributed by atoms with E-state index in [0.29, 0.717) is 5.13 Å². The summed E-state index contributed by atoms with van der Waals surface area (Å²) in [5, 5.41) is 9.29. The zero-order chi connectivity index (χ0) is 11.7. The van der Waals surface area contributed by atoms with E-state index >= 15 is 0 Å². The normalized spacial score (nSPS) is 10.3. The van der Waals surface area contributed by atoms with Gasteiger partial charge in [-0.1, -0.05) is 12.1 Å². The van der Waals surface area contributed by atoms with Crippen LogP contribution in [0.5, 0.6) is 0 Å². The summed E-state index contributed by atoms with van der Waals surface area (Å²) in [6.07, 6.45) is 0. The van der Waals surface area contributed by atoms with Crippen LogP contribution in [0, 0.1) is 6.92 Å². The molecule has 0 bridgehead atoms. The quantitative estimate of drug-likeness (QED) is 0.836. The number of aryl methyl sites for hydroxylation is 1. The Morgan fingerprint density at radius 1 is 1.38 bits per heavy atom. The second kappa shape index (κ2) is 3.94. The summed E-state index contributed by atoms with van der Waals surface area (Å²) in [6, 6.07) is 6.61. The highest BCUT2D eigenvalue weighted by Crippen LogP contribution is 2.28. The average Bonchev–Trinajstić information content (AvgIpc) is 2.58. The highest BCUT2D eigenvalue weighted by Gasteiger charge is 2.09. The number of carboxylic acids is 1. The zero-order valence-corrected chi connectivity index (χ0v) is 9.41. The summed E-state index contributed by atoms with van der Waals surface area (Å²) in [7, 11) is 0. The number of hydrogen-bond donors (Lipinski definition) is 2. The lowest BCUT2D eigenvalue weighted by atomic mass is 10.1. The Balaban J connectivity index is 2.42. The number of rotatable bonds is 2. The Morgan fingerprint density at radius 3 is 2.44 bits per heavy atom. The van der Waals surface area contributed by atoms with Crippen molar-refractivity contribution in [3.05, 3.63) is 34.7 Å². The molecular weight excluding hydrogens is 224 g/mol. The van der Waals surface area contributed by atoms with Crippen molar-refractivity contribution < 1.29 is 9.90 Å². The summed E-state index contributed by atoms with van der Waals surface area (Å²) >= 11 is 1.42. The number of nitrogens with two attached hydrogens (primary N) is 1. The molecule has 4 nitrogen and oxygen atoms in total. The molecule has 0 aliphatic carbocycles. The van der Waals surface area contributed by atoms with E-state index in [1.54, 1.807) is 24.3 Å². The van der Waals surface area contributed by atoms with E-state index in [9.17, 15) is 4.79 Å². The maximum absolute atomic E-state index is 10.7. The average molecular weight is 234 g/mol. The highest BCUT2D eigenvalue weighted by molar-refractivity contribution is 7.15. The van der Waals surface area contributed by atoms with Crippen LogP contribution in [0.25, 0.3) is 11.3 Å². The molecule has 82 valence electrons. The van der Waals surface area contributed by atoms with Gasteiger partial charge in [0.25, 0.3) is 0 Å². The number of carbonyl (C=O) groups is 1. The van der Waals surface area contributed by atoms with Crippen molar-refractivity contribution in [3.8, 4) is 11.3 Å². The molecule has 1 heterocycles. The molecule has 1 aromatic carbocycles. The van der Waals surface area contributed by atoms with Crippen molar-refractivity contribution in [3.63, 3.8) is 0 Å². The third-order valence-corrected chi connectivity index (χ3v) is 3.02. The van der Waals surface area contributed by atoms with Gasteiger partial charge in [-0.25, -0.2) is 9.78 Å². The van der Waals surface area contributed by atoms with Crippen LogP contribution in [0.2, 0.25) is 0 Å². The molecule has 5 heteroatoms. The van der Waals surface area contributed by atoms with E-state index in [1.165, 1.54) is 11.3 Å². The van der Waals surface area contributed by atoms with Crippen molar-refractivity contribution in [1.29, 1.82) is 0 Å². The second-order valence-corrected chi connectivity index (χ2v) is 4.57. The van der Waals surface area contributed by atoms with Crippen LogP contribution in [-0.4, -0.2) is 16.1 Å². The van der Waals surface area contributed by atoms with Crippen molar-refractivity contribution in [2.75, 3.05) is 5.73 Å². The van der Waals surface area contributed by atoms with Gasteiger partial charge in [-0.15, -0.1) is 11.3 Å². The van der Waals surface area contributed by atoms with Crippen LogP contribution in [0.3, 0.4) is 0 Å². The monoisotopic (exact) mass is 234 g/mol. The minimum Gasteiger partial charge on any atom is -0.478 e. The number of carboxylic acid groups (broad SMARTS) is 1. The maximum atomic E-state index is 10.7. The summed E-state index contributed by atoms with van der Waals surface area (Å²) in [5.41, 5.74) is 7.58. The van der Waals surface area contributed by atoms with Gasteiger partial charge >= 0.3 is 5.97 Å². The minimum atomic E-state index is -0.930. The van der Waals surface area contributed by atoms with Gasteiger partial charge in [0, 0.05) is 10.4 Å². The number of thiazole rings is 1. The fraction of sp³-hybridized carbons (Fsp3) is 0.0909. The number of hydrogen-bond acceptors (Lipinski definition) is 4. The third kappa shape index (κ3) is 1.90. The van der Waals surface area contributed by atoms with Crippen molar-refractivity contribution in [2.24, 2.45) is 0 Å². The molecule has 0 spiro atoms. The molecule has 0 aliphatic rings. The molecule has 0 fully saturated rings. The number of nitrogen functional groups attached to an aromatic ring is 1. The largest absolute Gasteiger partial charge is 0.478 e. The van der Waals surface area contributed by atoms with Crippen LogP contribution in [0.15, 0.2) is 24.3 Å². The fourth-order valence-electron chi connectivity index (χ4n) is 1.46. The first-order valence-corrected chi connectivity index (χ1v) is 5.46. The van der Waals surface area contributed by atoms with Crippen LogP contribution in [0.1, 0.15) is 15.2 Å². The molecule has 16 heavy (non-hydrogen) atoms. The molecule has 0 aliphatic heterocycles. The molecule has 0 atom stereocenters. The van der Waals surface area contributed by atoms with Gasteiger partial charge in [0.1, 0.15) is 0 Å². The predicted molar refractivity (Wildman–Crippen MR) is 63.7 cm³/mol. The molecule has 3 N–H and O–H groups in total. The molecule has 2 rings (SSSR count). The van der Waals surface area contributed by atoms with Crippen molar-refractivity contribution in [2.45, 2.75) is 6.92 Å². The zero-order valence-electron chi connectivity index (χ0n) is 8.60. The molecule has 0 unspecified atom stereocenters. The summed E-state index contributed by atoms with van der Waals surface area (Å²) in [6.45, 7) is 1.94. The molecular formula is C11H10N2O2S. The van der Waals surface area contributed by atoms with Gasteiger partial charge < -0.3 is 10.8 Å². The van der Waals surface area contributed by atoms with E-state index in [-0.39, 0.29) is 5.56 Å². The van der Waals surface area contributed by atoms with Gasteiger partial charge in [-0.2, -0.15) is 0 Å². The Labute approximate surface area is 96.4 Å². The van der Waals surface area contributed by atoms with E-state index in [4.69, 9.17) is 10.8 Å². The molecule has 0 amide bonds. The van der Waals surface area contributed by atoms with Gasteiger partial charge in [0.2, 0.25) is 0 Å². The van der Waals surface area contributed by atoms with Gasteiger partial charge in [0.05, 0.1) is 11.3 Å². The van der Waals surface area contributed by atoms with Gasteiger partial charge in [-0.05, 0) is 19.1 Å². The number of aromatic nitrogens is 1. The molecule has 0 saturated heterocycles. The number of anilines is 1. The van der Waals surface area contributed by atoms with E-state index < -0.39 is 5.97 Å². The lowest BCUT2D eigenvalue weighted by molar-refractivity contribution is 0.0697.